The minimum atomic E-state index is -0.685. The van der Waals surface area contributed by atoms with Crippen LogP contribution in [0.5, 0.6) is 0 Å². The normalized spacial score (nSPS) is 12.5. The average Bonchev–Trinajstić information content (AvgIpc) is 2.39. The van der Waals surface area contributed by atoms with Crippen LogP contribution in [0.3, 0.4) is 0 Å². The zero-order valence-electron chi connectivity index (χ0n) is 12.0. The molecule has 0 radical (unpaired) electrons. The first-order chi connectivity index (χ1) is 9.40. The Balaban J connectivity index is 2.35. The molecule has 20 heavy (non-hydrogen) atoms. The van der Waals surface area contributed by atoms with Crippen LogP contribution in [0, 0.1) is 32.4 Å². The van der Waals surface area contributed by atoms with Crippen LogP contribution in [0.1, 0.15) is 33.9 Å². The summed E-state index contributed by atoms with van der Waals surface area (Å²) in [6, 6.07) is 8.05. The predicted octanol–water partition coefficient (Wildman–Crippen LogP) is 4.13. The third kappa shape index (κ3) is 2.88. The van der Waals surface area contributed by atoms with E-state index >= 15 is 0 Å². The van der Waals surface area contributed by atoms with E-state index in [1.165, 1.54) is 12.1 Å². The van der Waals surface area contributed by atoms with E-state index in [9.17, 15) is 8.78 Å². The van der Waals surface area contributed by atoms with E-state index in [0.717, 1.165) is 16.7 Å². The Bertz CT molecular complexity index is 635. The molecule has 1 nitrogen and oxygen atoms in total. The monoisotopic (exact) mass is 275 g/mol. The number of hydrogen-bond acceptors (Lipinski definition) is 1. The summed E-state index contributed by atoms with van der Waals surface area (Å²) in [5, 5.41) is 0. The molecule has 0 aliphatic carbocycles. The molecule has 0 heterocycles. The van der Waals surface area contributed by atoms with Gasteiger partial charge in [0.05, 0.1) is 0 Å². The predicted molar refractivity (Wildman–Crippen MR) is 77.6 cm³/mol. The Morgan fingerprint density at radius 2 is 1.65 bits per heavy atom. The number of nitrogens with two attached hydrogens (primary N) is 1. The molecule has 2 aromatic rings. The minimum Gasteiger partial charge on any atom is -0.323 e. The first-order valence-electron chi connectivity index (χ1n) is 6.66. The highest BCUT2D eigenvalue weighted by molar-refractivity contribution is 5.34. The maximum atomic E-state index is 14.1. The molecule has 0 saturated heterocycles. The van der Waals surface area contributed by atoms with E-state index in [0.29, 0.717) is 12.0 Å². The molecule has 0 fully saturated rings. The summed E-state index contributed by atoms with van der Waals surface area (Å²) in [4.78, 5) is 0. The highest BCUT2D eigenvalue weighted by Gasteiger charge is 2.19. The zero-order valence-corrected chi connectivity index (χ0v) is 12.0. The average molecular weight is 275 g/mol. The van der Waals surface area contributed by atoms with Gasteiger partial charge in [0, 0.05) is 11.6 Å². The Labute approximate surface area is 118 Å². The molecule has 0 spiro atoms. The smallest absolute Gasteiger partial charge is 0.133 e. The van der Waals surface area contributed by atoms with Crippen LogP contribution in [0.15, 0.2) is 30.3 Å². The lowest BCUT2D eigenvalue weighted by molar-refractivity contribution is 0.519. The van der Waals surface area contributed by atoms with Gasteiger partial charge >= 0.3 is 0 Å². The fourth-order valence-corrected chi connectivity index (χ4v) is 2.38. The maximum Gasteiger partial charge on any atom is 0.133 e. The molecule has 0 saturated carbocycles. The first kappa shape index (κ1) is 14.7. The number of halogens is 2. The van der Waals surface area contributed by atoms with Crippen molar-refractivity contribution in [1.82, 2.24) is 0 Å². The van der Waals surface area contributed by atoms with Gasteiger partial charge in [-0.15, -0.1) is 0 Å². The van der Waals surface area contributed by atoms with Gasteiger partial charge in [-0.05, 0) is 49.9 Å². The van der Waals surface area contributed by atoms with Crippen LogP contribution >= 0.6 is 0 Å². The summed E-state index contributed by atoms with van der Waals surface area (Å²) in [5.41, 5.74) is 9.65. The molecule has 2 N–H and O–H groups in total. The Hall–Kier alpha value is -1.74. The van der Waals surface area contributed by atoms with Crippen molar-refractivity contribution in [2.75, 3.05) is 0 Å². The van der Waals surface area contributed by atoms with Crippen molar-refractivity contribution >= 4 is 0 Å². The second-order valence-electron chi connectivity index (χ2n) is 5.33. The molecule has 0 bridgehead atoms. The summed E-state index contributed by atoms with van der Waals surface area (Å²) in [5.74, 6) is -1.12. The van der Waals surface area contributed by atoms with Crippen LogP contribution in [0.2, 0.25) is 0 Å². The van der Waals surface area contributed by atoms with Gasteiger partial charge in [0.25, 0.3) is 0 Å². The quantitative estimate of drug-likeness (QED) is 0.895. The van der Waals surface area contributed by atoms with E-state index in [1.54, 1.807) is 6.92 Å². The van der Waals surface area contributed by atoms with E-state index < -0.39 is 17.7 Å². The molecule has 106 valence electrons. The number of hydrogen-bond donors (Lipinski definition) is 1. The van der Waals surface area contributed by atoms with Crippen molar-refractivity contribution in [3.63, 3.8) is 0 Å². The minimum absolute atomic E-state index is 0.0223. The van der Waals surface area contributed by atoms with Gasteiger partial charge in [0.15, 0.2) is 0 Å². The van der Waals surface area contributed by atoms with E-state index in [1.807, 2.05) is 32.0 Å². The van der Waals surface area contributed by atoms with Crippen LogP contribution in [-0.4, -0.2) is 0 Å². The third-order valence-electron chi connectivity index (χ3n) is 3.63. The molecular formula is C17H19F2N. The lowest BCUT2D eigenvalue weighted by Gasteiger charge is -2.17. The highest BCUT2D eigenvalue weighted by Crippen LogP contribution is 2.25. The summed E-state index contributed by atoms with van der Waals surface area (Å²) in [7, 11) is 0. The number of rotatable bonds is 3. The summed E-state index contributed by atoms with van der Waals surface area (Å²) in [6.07, 6.45) is 0.421. The summed E-state index contributed by atoms with van der Waals surface area (Å²) >= 11 is 0. The largest absolute Gasteiger partial charge is 0.323 e. The van der Waals surface area contributed by atoms with E-state index in [4.69, 9.17) is 5.73 Å². The molecule has 0 amide bonds. The Kier molecular flexibility index (Phi) is 4.19. The van der Waals surface area contributed by atoms with Crippen LogP contribution in [-0.2, 0) is 6.42 Å². The van der Waals surface area contributed by atoms with Gasteiger partial charge in [-0.3, -0.25) is 0 Å². The molecule has 0 aromatic heterocycles. The van der Waals surface area contributed by atoms with Gasteiger partial charge in [0.2, 0.25) is 0 Å². The Morgan fingerprint density at radius 1 is 1.00 bits per heavy atom. The number of benzene rings is 2. The van der Waals surface area contributed by atoms with Crippen molar-refractivity contribution in [3.8, 4) is 0 Å². The Morgan fingerprint density at radius 3 is 2.35 bits per heavy atom. The van der Waals surface area contributed by atoms with Gasteiger partial charge < -0.3 is 5.73 Å². The molecule has 0 aliphatic heterocycles. The van der Waals surface area contributed by atoms with Gasteiger partial charge in [0.1, 0.15) is 11.6 Å². The lowest BCUT2D eigenvalue weighted by Crippen LogP contribution is -2.18. The van der Waals surface area contributed by atoms with Gasteiger partial charge in [-0.2, -0.15) is 0 Å². The summed E-state index contributed by atoms with van der Waals surface area (Å²) < 4.78 is 27.9. The van der Waals surface area contributed by atoms with Crippen molar-refractivity contribution in [2.45, 2.75) is 33.2 Å². The van der Waals surface area contributed by atoms with Crippen molar-refractivity contribution in [2.24, 2.45) is 5.73 Å². The van der Waals surface area contributed by atoms with Crippen molar-refractivity contribution < 1.29 is 8.78 Å². The van der Waals surface area contributed by atoms with Crippen LogP contribution < -0.4 is 5.73 Å². The lowest BCUT2D eigenvalue weighted by atomic mass is 9.94. The SMILES string of the molecule is Cc1ccc(C)c(CC(N)c2c(F)ccc(C)c2F)c1. The van der Waals surface area contributed by atoms with Gasteiger partial charge in [-0.25, -0.2) is 8.78 Å². The first-order valence-corrected chi connectivity index (χ1v) is 6.66. The van der Waals surface area contributed by atoms with Crippen molar-refractivity contribution in [1.29, 1.82) is 0 Å². The third-order valence-corrected chi connectivity index (χ3v) is 3.63. The molecule has 1 atom stereocenters. The fourth-order valence-electron chi connectivity index (χ4n) is 2.38. The zero-order chi connectivity index (χ0) is 14.9. The van der Waals surface area contributed by atoms with Crippen molar-refractivity contribution in [3.05, 3.63) is 69.8 Å². The maximum absolute atomic E-state index is 14.1. The molecule has 1 unspecified atom stereocenters. The topological polar surface area (TPSA) is 26.0 Å². The second kappa shape index (κ2) is 5.71. The van der Waals surface area contributed by atoms with Crippen LogP contribution in [0.25, 0.3) is 0 Å². The number of aryl methyl sites for hydroxylation is 3. The molecule has 0 aliphatic rings. The van der Waals surface area contributed by atoms with E-state index in [-0.39, 0.29) is 5.56 Å². The fraction of sp³-hybridized carbons (Fsp3) is 0.294. The summed E-state index contributed by atoms with van der Waals surface area (Å²) in [6.45, 7) is 5.58. The molecule has 2 rings (SSSR count). The molecule has 3 heteroatoms. The van der Waals surface area contributed by atoms with E-state index in [2.05, 4.69) is 0 Å². The van der Waals surface area contributed by atoms with Gasteiger partial charge in [-0.1, -0.05) is 29.8 Å². The highest BCUT2D eigenvalue weighted by atomic mass is 19.1. The molecule has 2 aromatic carbocycles. The standard InChI is InChI=1S/C17H19F2N/c1-10-4-5-11(2)13(8-10)9-15(20)16-14(18)7-6-12(3)17(16)19/h4-8,15H,9,20H2,1-3H3. The second-order valence-corrected chi connectivity index (χ2v) is 5.33. The molecular weight excluding hydrogens is 256 g/mol. The van der Waals surface area contributed by atoms with Crippen LogP contribution in [0.4, 0.5) is 8.78 Å².